The third-order valence-corrected chi connectivity index (χ3v) is 6.36. The van der Waals surface area contributed by atoms with Gasteiger partial charge < -0.3 is 4.98 Å². The summed E-state index contributed by atoms with van der Waals surface area (Å²) in [5.41, 5.74) is 5.43. The fourth-order valence-electron chi connectivity index (χ4n) is 4.92. The van der Waals surface area contributed by atoms with E-state index in [1.165, 1.54) is 38.5 Å². The van der Waals surface area contributed by atoms with E-state index in [1.54, 1.807) is 0 Å². The molecule has 0 spiro atoms. The average Bonchev–Trinajstić information content (AvgIpc) is 3.05. The van der Waals surface area contributed by atoms with Gasteiger partial charge in [-0.15, -0.1) is 0 Å². The van der Waals surface area contributed by atoms with Crippen molar-refractivity contribution in [2.24, 2.45) is 5.92 Å². The predicted octanol–water partition coefficient (Wildman–Crippen LogP) is 6.73. The quantitative estimate of drug-likeness (QED) is 0.412. The number of hydrogen-bond donors (Lipinski definition) is 1. The summed E-state index contributed by atoms with van der Waals surface area (Å²) in [5.74, 6) is 0.526. The lowest BCUT2D eigenvalue weighted by Crippen LogP contribution is -2.37. The van der Waals surface area contributed by atoms with Gasteiger partial charge in [0, 0.05) is 34.7 Å². The fraction of sp³-hybridized carbons (Fsp3) is 0.280. The summed E-state index contributed by atoms with van der Waals surface area (Å²) in [6, 6.07) is 22.0. The number of nitrogens with one attached hydrogen (secondary N) is 1. The van der Waals surface area contributed by atoms with Crippen molar-refractivity contribution in [1.82, 2.24) is 9.88 Å². The Morgan fingerprint density at radius 1 is 1.04 bits per heavy atom. The van der Waals surface area contributed by atoms with Crippen LogP contribution in [-0.2, 0) is 13.0 Å². The maximum Gasteiger partial charge on any atom is 0.0528 e. The topological polar surface area (TPSA) is 19.0 Å². The van der Waals surface area contributed by atoms with Gasteiger partial charge in [0.2, 0.25) is 0 Å². The third-order valence-electron chi connectivity index (χ3n) is 6.12. The molecule has 0 fully saturated rings. The minimum atomic E-state index is 0.383. The minimum absolute atomic E-state index is 0.383. The highest BCUT2D eigenvalue weighted by Crippen LogP contribution is 2.40. The number of H-pyrrole nitrogens is 1. The van der Waals surface area contributed by atoms with Gasteiger partial charge in [0.05, 0.1) is 6.04 Å². The van der Waals surface area contributed by atoms with E-state index in [-0.39, 0.29) is 0 Å². The molecule has 1 aromatic heterocycles. The molecule has 3 heteroatoms. The molecule has 28 heavy (non-hydrogen) atoms. The third kappa shape index (κ3) is 2.92. The van der Waals surface area contributed by atoms with Crippen molar-refractivity contribution >= 4 is 33.3 Å². The lowest BCUT2D eigenvalue weighted by molar-refractivity contribution is 0.133. The van der Waals surface area contributed by atoms with Gasteiger partial charge in [-0.05, 0) is 52.4 Å². The minimum Gasteiger partial charge on any atom is -0.357 e. The summed E-state index contributed by atoms with van der Waals surface area (Å²) in [4.78, 5) is 6.37. The molecule has 0 radical (unpaired) electrons. The van der Waals surface area contributed by atoms with Gasteiger partial charge in [-0.2, -0.15) is 0 Å². The second kappa shape index (κ2) is 6.95. The van der Waals surface area contributed by atoms with Crippen molar-refractivity contribution in [3.63, 3.8) is 0 Å². The largest absolute Gasteiger partial charge is 0.357 e. The summed E-state index contributed by atoms with van der Waals surface area (Å²) in [7, 11) is 0. The van der Waals surface area contributed by atoms with Gasteiger partial charge in [0.15, 0.2) is 0 Å². The first kappa shape index (κ1) is 17.8. The van der Waals surface area contributed by atoms with Crippen molar-refractivity contribution in [3.05, 3.63) is 82.5 Å². The first-order chi connectivity index (χ1) is 13.6. The van der Waals surface area contributed by atoms with Crippen molar-refractivity contribution in [1.29, 1.82) is 0 Å². The van der Waals surface area contributed by atoms with Crippen LogP contribution >= 0.6 is 11.6 Å². The average molecular weight is 389 g/mol. The molecule has 0 bridgehead atoms. The number of nitrogens with zero attached hydrogens (tertiary/aromatic N) is 1. The number of rotatable bonds is 3. The van der Waals surface area contributed by atoms with E-state index in [9.17, 15) is 0 Å². The first-order valence-corrected chi connectivity index (χ1v) is 10.5. The van der Waals surface area contributed by atoms with Crippen LogP contribution in [0.2, 0.25) is 5.02 Å². The standard InChI is InChI=1S/C25H25ClN2/c1-16(2)25-24-21(22-14-19(26)10-11-23(22)27-24)12-13-28(25)15-18-8-5-7-17-6-3-4-9-20(17)18/h3-11,14,16,25,27H,12-13,15H2,1-2H3/t25-/m0/s1. The Bertz CT molecular complexity index is 1150. The monoisotopic (exact) mass is 388 g/mol. The highest BCUT2D eigenvalue weighted by molar-refractivity contribution is 6.31. The van der Waals surface area contributed by atoms with E-state index in [2.05, 4.69) is 78.3 Å². The molecular weight excluding hydrogens is 364 g/mol. The molecule has 1 atom stereocenters. The van der Waals surface area contributed by atoms with Crippen LogP contribution in [0.25, 0.3) is 21.7 Å². The van der Waals surface area contributed by atoms with Crippen LogP contribution < -0.4 is 0 Å². The molecule has 1 aliphatic heterocycles. The molecule has 2 heterocycles. The predicted molar refractivity (Wildman–Crippen MR) is 119 cm³/mol. The molecule has 142 valence electrons. The summed E-state index contributed by atoms with van der Waals surface area (Å²) in [6.07, 6.45) is 1.06. The van der Waals surface area contributed by atoms with Gasteiger partial charge in [-0.3, -0.25) is 4.90 Å². The number of hydrogen-bond acceptors (Lipinski definition) is 1. The molecule has 0 amide bonds. The Morgan fingerprint density at radius 2 is 1.86 bits per heavy atom. The summed E-state index contributed by atoms with van der Waals surface area (Å²) in [6.45, 7) is 6.70. The highest BCUT2D eigenvalue weighted by atomic mass is 35.5. The smallest absolute Gasteiger partial charge is 0.0528 e. The molecule has 0 saturated heterocycles. The van der Waals surface area contributed by atoms with E-state index >= 15 is 0 Å². The van der Waals surface area contributed by atoms with E-state index < -0.39 is 0 Å². The molecule has 4 aromatic rings. The fourth-order valence-corrected chi connectivity index (χ4v) is 5.09. The lowest BCUT2D eigenvalue weighted by atomic mass is 9.89. The Labute approximate surface area is 171 Å². The zero-order valence-electron chi connectivity index (χ0n) is 16.4. The molecule has 0 unspecified atom stereocenters. The van der Waals surface area contributed by atoms with Crippen LogP contribution in [0.15, 0.2) is 60.7 Å². The maximum absolute atomic E-state index is 6.28. The van der Waals surface area contributed by atoms with Gasteiger partial charge in [0.1, 0.15) is 0 Å². The SMILES string of the molecule is CC(C)[C@H]1c2[nH]c3ccc(Cl)cc3c2CCN1Cc1cccc2ccccc12. The molecular formula is C25H25ClN2. The number of halogens is 1. The molecule has 1 N–H and O–H groups in total. The summed E-state index contributed by atoms with van der Waals surface area (Å²) >= 11 is 6.28. The summed E-state index contributed by atoms with van der Waals surface area (Å²) in [5, 5.41) is 4.78. The van der Waals surface area contributed by atoms with E-state index in [1.807, 2.05) is 6.07 Å². The molecule has 2 nitrogen and oxygen atoms in total. The van der Waals surface area contributed by atoms with E-state index in [4.69, 9.17) is 11.6 Å². The Balaban J connectivity index is 1.57. The number of benzene rings is 3. The van der Waals surface area contributed by atoms with Crippen LogP contribution in [0.3, 0.4) is 0 Å². The Kier molecular flexibility index (Phi) is 4.41. The Morgan fingerprint density at radius 3 is 2.71 bits per heavy atom. The Hall–Kier alpha value is -2.29. The summed E-state index contributed by atoms with van der Waals surface area (Å²) < 4.78 is 0. The maximum atomic E-state index is 6.28. The first-order valence-electron chi connectivity index (χ1n) is 10.1. The van der Waals surface area contributed by atoms with Crippen LogP contribution in [0, 0.1) is 5.92 Å². The second-order valence-corrected chi connectivity index (χ2v) is 8.69. The number of aromatic amines is 1. The van der Waals surface area contributed by atoms with Gasteiger partial charge in [-0.1, -0.05) is 67.9 Å². The van der Waals surface area contributed by atoms with Crippen LogP contribution in [-0.4, -0.2) is 16.4 Å². The van der Waals surface area contributed by atoms with E-state index in [0.717, 1.165) is 24.5 Å². The molecule has 5 rings (SSSR count). The normalized spacial score (nSPS) is 17.5. The van der Waals surface area contributed by atoms with Crippen molar-refractivity contribution in [2.75, 3.05) is 6.54 Å². The molecule has 3 aromatic carbocycles. The second-order valence-electron chi connectivity index (χ2n) is 8.25. The van der Waals surface area contributed by atoms with Crippen LogP contribution in [0.5, 0.6) is 0 Å². The van der Waals surface area contributed by atoms with E-state index in [0.29, 0.717) is 12.0 Å². The van der Waals surface area contributed by atoms with Gasteiger partial charge in [-0.25, -0.2) is 0 Å². The molecule has 0 saturated carbocycles. The van der Waals surface area contributed by atoms with Crippen molar-refractivity contribution in [2.45, 2.75) is 32.9 Å². The van der Waals surface area contributed by atoms with Crippen molar-refractivity contribution in [3.8, 4) is 0 Å². The molecule has 0 aliphatic carbocycles. The highest BCUT2D eigenvalue weighted by Gasteiger charge is 2.32. The van der Waals surface area contributed by atoms with Gasteiger partial charge in [0.25, 0.3) is 0 Å². The number of fused-ring (bicyclic) bond motifs is 4. The van der Waals surface area contributed by atoms with Crippen LogP contribution in [0.4, 0.5) is 0 Å². The van der Waals surface area contributed by atoms with Crippen LogP contribution in [0.1, 0.15) is 36.7 Å². The van der Waals surface area contributed by atoms with Crippen molar-refractivity contribution < 1.29 is 0 Å². The lowest BCUT2D eigenvalue weighted by Gasteiger charge is -2.38. The zero-order chi connectivity index (χ0) is 19.3. The zero-order valence-corrected chi connectivity index (χ0v) is 17.1. The van der Waals surface area contributed by atoms with Gasteiger partial charge >= 0.3 is 0 Å². The molecule has 1 aliphatic rings. The number of aromatic nitrogens is 1.